The summed E-state index contributed by atoms with van der Waals surface area (Å²) >= 11 is 0. The number of ether oxygens (including phenoxy) is 2. The van der Waals surface area contributed by atoms with Crippen molar-refractivity contribution < 1.29 is 14.3 Å². The van der Waals surface area contributed by atoms with Crippen LogP contribution in [0.4, 0.5) is 0 Å². The molecule has 2 aromatic rings. The van der Waals surface area contributed by atoms with E-state index in [0.717, 1.165) is 44.7 Å². The van der Waals surface area contributed by atoms with Gasteiger partial charge in [0.25, 0.3) is 0 Å². The van der Waals surface area contributed by atoms with E-state index in [4.69, 9.17) is 9.47 Å². The van der Waals surface area contributed by atoms with Crippen molar-refractivity contribution in [3.8, 4) is 5.75 Å². The van der Waals surface area contributed by atoms with E-state index in [1.54, 1.807) is 7.11 Å². The molecule has 0 spiro atoms. The lowest BCUT2D eigenvalue weighted by molar-refractivity contribution is -0.133. The van der Waals surface area contributed by atoms with Gasteiger partial charge in [0, 0.05) is 32.0 Å². The smallest absolute Gasteiger partial charge is 0.222 e. The minimum Gasteiger partial charge on any atom is -0.497 e. The minimum atomic E-state index is -0.0977. The molecule has 3 rings (SSSR count). The molecule has 1 heterocycles. The van der Waals surface area contributed by atoms with Gasteiger partial charge < -0.3 is 14.4 Å². The molecule has 2 aromatic carbocycles. The number of carbonyl (C=O) groups is 1. The molecule has 0 radical (unpaired) electrons. The molecule has 0 N–H and O–H groups in total. The van der Waals surface area contributed by atoms with E-state index in [2.05, 4.69) is 55.1 Å². The molecule has 1 aliphatic rings. The van der Waals surface area contributed by atoms with Gasteiger partial charge in [-0.2, -0.15) is 0 Å². The van der Waals surface area contributed by atoms with Crippen LogP contribution in [0, 0.1) is 5.92 Å². The van der Waals surface area contributed by atoms with Gasteiger partial charge in [-0.3, -0.25) is 4.79 Å². The van der Waals surface area contributed by atoms with E-state index in [1.807, 2.05) is 25.1 Å². The normalized spacial score (nSPS) is 18.9. The van der Waals surface area contributed by atoms with Crippen molar-refractivity contribution >= 4 is 5.91 Å². The molecule has 1 amide bonds. The Kier molecular flexibility index (Phi) is 8.14. The summed E-state index contributed by atoms with van der Waals surface area (Å²) in [5.41, 5.74) is 2.44. The number of rotatable bonds is 9. The van der Waals surface area contributed by atoms with Crippen LogP contribution in [0.5, 0.6) is 5.75 Å². The van der Waals surface area contributed by atoms with Crippen LogP contribution in [0.15, 0.2) is 54.6 Å². The zero-order valence-corrected chi connectivity index (χ0v) is 19.5. The highest BCUT2D eigenvalue weighted by atomic mass is 16.5. The van der Waals surface area contributed by atoms with Crippen molar-refractivity contribution in [2.75, 3.05) is 26.8 Å². The highest BCUT2D eigenvalue weighted by Gasteiger charge is 2.31. The molecule has 0 saturated carbocycles. The predicted octanol–water partition coefficient (Wildman–Crippen LogP) is 5.66. The number of methoxy groups -OCH3 is 1. The summed E-state index contributed by atoms with van der Waals surface area (Å²) < 4.78 is 11.2. The summed E-state index contributed by atoms with van der Waals surface area (Å²) in [6.45, 7) is 8.63. The van der Waals surface area contributed by atoms with E-state index in [-0.39, 0.29) is 17.4 Å². The molecule has 1 saturated heterocycles. The van der Waals surface area contributed by atoms with E-state index < -0.39 is 0 Å². The fourth-order valence-corrected chi connectivity index (χ4v) is 4.70. The SMILES string of the molecule is CCC(=O)N(CC[C@H](c1ccccc1)c1ccc(OC)cc1)C[C@H]1CCOC(C)(C)C1. The van der Waals surface area contributed by atoms with Crippen molar-refractivity contribution in [1.29, 1.82) is 0 Å². The molecule has 31 heavy (non-hydrogen) atoms. The first-order valence-corrected chi connectivity index (χ1v) is 11.5. The summed E-state index contributed by atoms with van der Waals surface area (Å²) in [4.78, 5) is 14.9. The van der Waals surface area contributed by atoms with E-state index in [0.29, 0.717) is 12.3 Å². The lowest BCUT2D eigenvalue weighted by Gasteiger charge is -2.38. The van der Waals surface area contributed by atoms with Crippen molar-refractivity contribution in [1.82, 2.24) is 4.90 Å². The number of nitrogens with zero attached hydrogens (tertiary/aromatic N) is 1. The van der Waals surface area contributed by atoms with Gasteiger partial charge in [0.15, 0.2) is 0 Å². The van der Waals surface area contributed by atoms with Crippen LogP contribution >= 0.6 is 0 Å². The lowest BCUT2D eigenvalue weighted by Crippen LogP contribution is -2.42. The van der Waals surface area contributed by atoms with E-state index in [1.165, 1.54) is 11.1 Å². The van der Waals surface area contributed by atoms with Gasteiger partial charge in [-0.25, -0.2) is 0 Å². The van der Waals surface area contributed by atoms with E-state index >= 15 is 0 Å². The maximum Gasteiger partial charge on any atom is 0.222 e. The number of hydrogen-bond donors (Lipinski definition) is 0. The number of carbonyl (C=O) groups excluding carboxylic acids is 1. The molecule has 1 fully saturated rings. The molecule has 1 aliphatic heterocycles. The van der Waals surface area contributed by atoms with Crippen molar-refractivity contribution in [3.63, 3.8) is 0 Å². The van der Waals surface area contributed by atoms with Crippen molar-refractivity contribution in [2.45, 2.75) is 58.0 Å². The zero-order valence-electron chi connectivity index (χ0n) is 19.5. The maximum atomic E-state index is 12.8. The quantitative estimate of drug-likeness (QED) is 0.522. The highest BCUT2D eigenvalue weighted by Crippen LogP contribution is 2.32. The Morgan fingerprint density at radius 3 is 2.42 bits per heavy atom. The summed E-state index contributed by atoms with van der Waals surface area (Å²) in [5.74, 6) is 1.84. The maximum absolute atomic E-state index is 12.8. The minimum absolute atomic E-state index is 0.0977. The van der Waals surface area contributed by atoms with Gasteiger partial charge in [0.2, 0.25) is 5.91 Å². The van der Waals surface area contributed by atoms with Crippen LogP contribution < -0.4 is 4.74 Å². The molecule has 4 nitrogen and oxygen atoms in total. The molecule has 168 valence electrons. The largest absolute Gasteiger partial charge is 0.497 e. The first-order valence-electron chi connectivity index (χ1n) is 11.5. The Balaban J connectivity index is 1.75. The van der Waals surface area contributed by atoms with Crippen LogP contribution in [-0.2, 0) is 9.53 Å². The van der Waals surface area contributed by atoms with Gasteiger partial charge in [-0.1, -0.05) is 49.4 Å². The third-order valence-corrected chi connectivity index (χ3v) is 6.34. The second-order valence-corrected chi connectivity index (χ2v) is 9.19. The third kappa shape index (κ3) is 6.57. The predicted molar refractivity (Wildman–Crippen MR) is 126 cm³/mol. The second kappa shape index (κ2) is 10.8. The fraction of sp³-hybridized carbons (Fsp3) is 0.519. The van der Waals surface area contributed by atoms with Gasteiger partial charge in [0.1, 0.15) is 5.75 Å². The van der Waals surface area contributed by atoms with Crippen molar-refractivity contribution in [3.05, 3.63) is 65.7 Å². The monoisotopic (exact) mass is 423 g/mol. The standard InChI is InChI=1S/C27H37NO3/c1-5-26(29)28(20-21-16-18-31-27(2,3)19-21)17-15-25(22-9-7-6-8-10-22)23-11-13-24(30-4)14-12-23/h6-14,21,25H,5,15-20H2,1-4H3/t21-,25+/m0/s1. The summed E-state index contributed by atoms with van der Waals surface area (Å²) in [7, 11) is 1.69. The van der Waals surface area contributed by atoms with Crippen molar-refractivity contribution in [2.24, 2.45) is 5.92 Å². The average molecular weight is 424 g/mol. The average Bonchev–Trinajstić information content (AvgIpc) is 2.78. The number of benzene rings is 2. The Bertz CT molecular complexity index is 816. The van der Waals surface area contributed by atoms with Crippen LogP contribution in [-0.4, -0.2) is 43.2 Å². The number of hydrogen-bond acceptors (Lipinski definition) is 3. The first-order chi connectivity index (χ1) is 14.9. The third-order valence-electron chi connectivity index (χ3n) is 6.34. The molecular weight excluding hydrogens is 386 g/mol. The molecule has 4 heteroatoms. The van der Waals surface area contributed by atoms with Crippen LogP contribution in [0.1, 0.15) is 63.5 Å². The van der Waals surface area contributed by atoms with Gasteiger partial charge in [-0.15, -0.1) is 0 Å². The second-order valence-electron chi connectivity index (χ2n) is 9.19. The molecule has 0 aromatic heterocycles. The highest BCUT2D eigenvalue weighted by molar-refractivity contribution is 5.75. The van der Waals surface area contributed by atoms with Gasteiger partial charge >= 0.3 is 0 Å². The Hall–Kier alpha value is -2.33. The Labute approximate surface area is 187 Å². The first kappa shape index (κ1) is 23.3. The van der Waals surface area contributed by atoms with Crippen LogP contribution in [0.3, 0.4) is 0 Å². The summed E-state index contributed by atoms with van der Waals surface area (Å²) in [6, 6.07) is 18.9. The fourth-order valence-electron chi connectivity index (χ4n) is 4.70. The zero-order chi connectivity index (χ0) is 22.3. The summed E-state index contributed by atoms with van der Waals surface area (Å²) in [5, 5.41) is 0. The molecular formula is C27H37NO3. The van der Waals surface area contributed by atoms with E-state index in [9.17, 15) is 4.79 Å². The van der Waals surface area contributed by atoms with Gasteiger partial charge in [0.05, 0.1) is 12.7 Å². The summed E-state index contributed by atoms with van der Waals surface area (Å²) in [6.07, 6.45) is 3.47. The molecule has 0 unspecified atom stereocenters. The molecule has 0 aliphatic carbocycles. The van der Waals surface area contributed by atoms with Gasteiger partial charge in [-0.05, 0) is 62.3 Å². The number of amides is 1. The van der Waals surface area contributed by atoms with Crippen LogP contribution in [0.2, 0.25) is 0 Å². The molecule has 2 atom stereocenters. The van der Waals surface area contributed by atoms with Crippen LogP contribution in [0.25, 0.3) is 0 Å². The molecule has 0 bridgehead atoms. The topological polar surface area (TPSA) is 38.8 Å². The Morgan fingerprint density at radius 1 is 1.13 bits per heavy atom. The Morgan fingerprint density at radius 2 is 1.81 bits per heavy atom. The lowest BCUT2D eigenvalue weighted by atomic mass is 9.86.